The standard InChI is InChI=1S/C18H16N4O4S/c23-16-12-5-1-2-6-13(12)19-20-22(16)11-26-18(25)14-7-3-9-21(14)17(24)15-8-4-10-27-15/h1-2,4-6,8,10,14H,3,7,9,11H2. The van der Waals surface area contributed by atoms with Crippen LogP contribution in [0.25, 0.3) is 10.9 Å². The van der Waals surface area contributed by atoms with Crippen molar-refractivity contribution in [1.29, 1.82) is 0 Å². The summed E-state index contributed by atoms with van der Waals surface area (Å²) in [6.45, 7) is 0.166. The third-order valence-corrected chi connectivity index (χ3v) is 5.33. The molecule has 1 unspecified atom stereocenters. The Bertz CT molecular complexity index is 1050. The van der Waals surface area contributed by atoms with Gasteiger partial charge in [-0.25, -0.2) is 4.79 Å². The molecule has 27 heavy (non-hydrogen) atoms. The van der Waals surface area contributed by atoms with Gasteiger partial charge in [-0.1, -0.05) is 23.4 Å². The van der Waals surface area contributed by atoms with Crippen molar-refractivity contribution in [3.63, 3.8) is 0 Å². The number of amides is 1. The van der Waals surface area contributed by atoms with E-state index < -0.39 is 12.0 Å². The molecule has 4 rings (SSSR count). The number of hydrogen-bond acceptors (Lipinski definition) is 7. The minimum Gasteiger partial charge on any atom is -0.441 e. The lowest BCUT2D eigenvalue weighted by Gasteiger charge is -2.22. The quantitative estimate of drug-likeness (QED) is 0.635. The lowest BCUT2D eigenvalue weighted by Crippen LogP contribution is -2.41. The van der Waals surface area contributed by atoms with Crippen LogP contribution in [-0.4, -0.2) is 44.4 Å². The topological polar surface area (TPSA) is 94.4 Å². The van der Waals surface area contributed by atoms with E-state index in [2.05, 4.69) is 10.3 Å². The van der Waals surface area contributed by atoms with Crippen LogP contribution in [0.2, 0.25) is 0 Å². The molecule has 0 aliphatic carbocycles. The van der Waals surface area contributed by atoms with Crippen molar-refractivity contribution in [3.8, 4) is 0 Å². The summed E-state index contributed by atoms with van der Waals surface area (Å²) in [5, 5.41) is 9.97. The van der Waals surface area contributed by atoms with Gasteiger partial charge in [-0.15, -0.1) is 16.4 Å². The number of fused-ring (bicyclic) bond motifs is 1. The van der Waals surface area contributed by atoms with Crippen LogP contribution < -0.4 is 5.56 Å². The number of likely N-dealkylation sites (tertiary alicyclic amines) is 1. The molecule has 3 heterocycles. The fourth-order valence-corrected chi connectivity index (χ4v) is 3.80. The minimum atomic E-state index is -0.649. The van der Waals surface area contributed by atoms with Gasteiger partial charge in [0, 0.05) is 6.54 Å². The highest BCUT2D eigenvalue weighted by Gasteiger charge is 2.36. The van der Waals surface area contributed by atoms with Crippen LogP contribution in [0.15, 0.2) is 46.6 Å². The highest BCUT2D eigenvalue weighted by Crippen LogP contribution is 2.23. The lowest BCUT2D eigenvalue weighted by atomic mass is 10.2. The van der Waals surface area contributed by atoms with Crippen LogP contribution in [0.5, 0.6) is 0 Å². The number of rotatable bonds is 4. The van der Waals surface area contributed by atoms with E-state index in [1.807, 2.05) is 5.38 Å². The number of aromatic nitrogens is 3. The number of thiophene rings is 1. The maximum atomic E-state index is 12.5. The molecule has 0 N–H and O–H groups in total. The Balaban J connectivity index is 1.47. The Kier molecular flexibility index (Phi) is 4.68. The summed E-state index contributed by atoms with van der Waals surface area (Å²) >= 11 is 1.34. The average molecular weight is 384 g/mol. The van der Waals surface area contributed by atoms with Crippen LogP contribution >= 0.6 is 11.3 Å². The fraction of sp³-hybridized carbons (Fsp3) is 0.278. The summed E-state index contributed by atoms with van der Waals surface area (Å²) in [5.41, 5.74) is 0.0972. The Morgan fingerprint density at radius 1 is 1.22 bits per heavy atom. The summed E-state index contributed by atoms with van der Waals surface area (Å²) in [6.07, 6.45) is 1.26. The molecule has 1 fully saturated rings. The number of nitrogens with zero attached hydrogens (tertiary/aromatic N) is 4. The number of carbonyl (C=O) groups is 2. The van der Waals surface area contributed by atoms with Gasteiger partial charge < -0.3 is 9.64 Å². The summed E-state index contributed by atoms with van der Waals surface area (Å²) in [5.74, 6) is -0.716. The Hall–Kier alpha value is -3.07. The van der Waals surface area contributed by atoms with Gasteiger partial charge in [0.2, 0.25) is 0 Å². The number of esters is 1. The summed E-state index contributed by atoms with van der Waals surface area (Å²) in [4.78, 5) is 39.6. The first-order chi connectivity index (χ1) is 13.1. The van der Waals surface area contributed by atoms with Gasteiger partial charge >= 0.3 is 5.97 Å². The molecule has 9 heteroatoms. The van der Waals surface area contributed by atoms with Gasteiger partial charge in [-0.3, -0.25) is 9.59 Å². The maximum absolute atomic E-state index is 12.5. The smallest absolute Gasteiger partial charge is 0.330 e. The first-order valence-electron chi connectivity index (χ1n) is 8.49. The molecule has 1 amide bonds. The van der Waals surface area contributed by atoms with E-state index in [0.717, 1.165) is 11.1 Å². The van der Waals surface area contributed by atoms with E-state index in [9.17, 15) is 14.4 Å². The average Bonchev–Trinajstić information content (AvgIpc) is 3.39. The molecule has 1 aliphatic heterocycles. The first-order valence-corrected chi connectivity index (χ1v) is 9.37. The van der Waals surface area contributed by atoms with Crippen molar-refractivity contribution >= 4 is 34.1 Å². The van der Waals surface area contributed by atoms with Gasteiger partial charge in [0.1, 0.15) is 11.6 Å². The molecular weight excluding hydrogens is 368 g/mol. The molecule has 0 bridgehead atoms. The van der Waals surface area contributed by atoms with Crippen molar-refractivity contribution in [1.82, 2.24) is 19.9 Å². The van der Waals surface area contributed by atoms with Gasteiger partial charge in [0.25, 0.3) is 11.5 Å². The number of hydrogen-bond donors (Lipinski definition) is 0. The van der Waals surface area contributed by atoms with Gasteiger partial charge in [0.05, 0.1) is 10.3 Å². The van der Waals surface area contributed by atoms with Crippen molar-refractivity contribution in [2.45, 2.75) is 25.6 Å². The third kappa shape index (κ3) is 3.33. The van der Waals surface area contributed by atoms with E-state index in [4.69, 9.17) is 4.74 Å². The molecular formula is C18H16N4O4S. The zero-order chi connectivity index (χ0) is 18.8. The van der Waals surface area contributed by atoms with Crippen molar-refractivity contribution in [2.24, 2.45) is 0 Å². The van der Waals surface area contributed by atoms with E-state index in [1.54, 1.807) is 36.4 Å². The summed E-state index contributed by atoms with van der Waals surface area (Å²) in [7, 11) is 0. The van der Waals surface area contributed by atoms with Crippen LogP contribution in [0.4, 0.5) is 0 Å². The number of carbonyl (C=O) groups excluding carboxylic acids is 2. The third-order valence-electron chi connectivity index (χ3n) is 4.48. The zero-order valence-electron chi connectivity index (χ0n) is 14.3. The predicted molar refractivity (Wildman–Crippen MR) is 98.3 cm³/mol. The van der Waals surface area contributed by atoms with Crippen LogP contribution in [0.3, 0.4) is 0 Å². The fourth-order valence-electron chi connectivity index (χ4n) is 3.13. The molecule has 1 aliphatic rings. The molecule has 0 saturated carbocycles. The highest BCUT2D eigenvalue weighted by atomic mass is 32.1. The molecule has 8 nitrogen and oxygen atoms in total. The summed E-state index contributed by atoms with van der Waals surface area (Å²) < 4.78 is 6.27. The molecule has 3 aromatic rings. The van der Waals surface area contributed by atoms with E-state index in [1.165, 1.54) is 16.2 Å². The largest absolute Gasteiger partial charge is 0.441 e. The predicted octanol–water partition coefficient (Wildman–Crippen LogP) is 1.66. The van der Waals surface area contributed by atoms with Gasteiger partial charge in [-0.05, 0) is 36.4 Å². The normalized spacial score (nSPS) is 16.6. The number of ether oxygens (including phenoxy) is 1. The van der Waals surface area contributed by atoms with Crippen LogP contribution in [0, 0.1) is 0 Å². The second kappa shape index (κ2) is 7.28. The van der Waals surface area contributed by atoms with Crippen molar-refractivity contribution in [3.05, 3.63) is 57.0 Å². The molecule has 1 atom stereocenters. The van der Waals surface area contributed by atoms with Gasteiger partial charge in [-0.2, -0.15) is 4.68 Å². The van der Waals surface area contributed by atoms with E-state index in [0.29, 0.717) is 28.7 Å². The highest BCUT2D eigenvalue weighted by molar-refractivity contribution is 7.12. The Morgan fingerprint density at radius 3 is 2.89 bits per heavy atom. The Morgan fingerprint density at radius 2 is 2.07 bits per heavy atom. The number of benzene rings is 1. The summed E-state index contributed by atoms with van der Waals surface area (Å²) in [6, 6.07) is 9.71. The second-order valence-corrected chi connectivity index (χ2v) is 7.09. The molecule has 1 saturated heterocycles. The second-order valence-electron chi connectivity index (χ2n) is 6.14. The van der Waals surface area contributed by atoms with Crippen LogP contribution in [-0.2, 0) is 16.3 Å². The monoisotopic (exact) mass is 384 g/mol. The molecule has 0 spiro atoms. The van der Waals surface area contributed by atoms with Gasteiger partial charge in [0.15, 0.2) is 6.73 Å². The van der Waals surface area contributed by atoms with Crippen LogP contribution in [0.1, 0.15) is 22.5 Å². The first kappa shape index (κ1) is 17.3. The minimum absolute atomic E-state index is 0.174. The molecule has 0 radical (unpaired) electrons. The SMILES string of the molecule is O=C(OCn1nnc2ccccc2c1=O)C1CCCN1C(=O)c1cccs1. The Labute approximate surface area is 158 Å². The molecule has 138 valence electrons. The zero-order valence-corrected chi connectivity index (χ0v) is 15.1. The van der Waals surface area contributed by atoms with Crippen molar-refractivity contribution < 1.29 is 14.3 Å². The van der Waals surface area contributed by atoms with E-state index in [-0.39, 0.29) is 18.2 Å². The van der Waals surface area contributed by atoms with E-state index >= 15 is 0 Å². The maximum Gasteiger partial charge on any atom is 0.330 e. The van der Waals surface area contributed by atoms with Crippen molar-refractivity contribution in [2.75, 3.05) is 6.54 Å². The molecule has 1 aromatic carbocycles. The lowest BCUT2D eigenvalue weighted by molar-refractivity contribution is -0.152. The molecule has 2 aromatic heterocycles.